The fourth-order valence-electron chi connectivity index (χ4n) is 2.11. The van der Waals surface area contributed by atoms with Crippen molar-refractivity contribution in [3.8, 4) is 11.5 Å². The molecular weight excluding hydrogens is 248 g/mol. The zero-order chi connectivity index (χ0) is 13.9. The maximum atomic E-state index is 4.69. The first-order valence-corrected chi connectivity index (χ1v) is 7.32. The van der Waals surface area contributed by atoms with Crippen molar-refractivity contribution in [2.45, 2.75) is 39.0 Å². The third kappa shape index (κ3) is 2.95. The third-order valence-electron chi connectivity index (χ3n) is 3.44. The van der Waals surface area contributed by atoms with E-state index in [1.54, 1.807) is 0 Å². The van der Waals surface area contributed by atoms with Crippen molar-refractivity contribution >= 4 is 5.82 Å². The summed E-state index contributed by atoms with van der Waals surface area (Å²) >= 11 is 0. The predicted molar refractivity (Wildman–Crippen MR) is 80.8 cm³/mol. The molecule has 0 amide bonds. The van der Waals surface area contributed by atoms with Gasteiger partial charge < -0.3 is 5.32 Å². The smallest absolute Gasteiger partial charge is 0.180 e. The van der Waals surface area contributed by atoms with Crippen LogP contribution in [0.1, 0.15) is 43.4 Å². The lowest BCUT2D eigenvalue weighted by Gasteiger charge is -2.09. The lowest BCUT2D eigenvalue weighted by Crippen LogP contribution is -2.05. The van der Waals surface area contributed by atoms with E-state index >= 15 is 0 Å². The van der Waals surface area contributed by atoms with E-state index < -0.39 is 0 Å². The maximum Gasteiger partial charge on any atom is 0.180 e. The van der Waals surface area contributed by atoms with Crippen LogP contribution in [-0.2, 0) is 0 Å². The summed E-state index contributed by atoms with van der Waals surface area (Å²) in [4.78, 5) is 13.7. The summed E-state index contributed by atoms with van der Waals surface area (Å²) in [6, 6.07) is 6.13. The number of hydrogen-bond donors (Lipinski definition) is 1. The Balaban J connectivity index is 1.95. The van der Waals surface area contributed by atoms with Crippen LogP contribution in [0.5, 0.6) is 0 Å². The normalized spacial score (nSPS) is 14.3. The highest BCUT2D eigenvalue weighted by Crippen LogP contribution is 2.40. The van der Waals surface area contributed by atoms with Crippen molar-refractivity contribution in [2.24, 2.45) is 0 Å². The van der Waals surface area contributed by atoms with Crippen molar-refractivity contribution in [3.63, 3.8) is 0 Å². The Labute approximate surface area is 119 Å². The van der Waals surface area contributed by atoms with E-state index in [-0.39, 0.29) is 0 Å². The third-order valence-corrected chi connectivity index (χ3v) is 3.44. The Bertz CT molecular complexity index is 588. The second-order valence-corrected chi connectivity index (χ2v) is 5.42. The summed E-state index contributed by atoms with van der Waals surface area (Å²) in [5.74, 6) is 2.26. The molecule has 1 fully saturated rings. The number of pyridine rings is 1. The van der Waals surface area contributed by atoms with Gasteiger partial charge in [-0.25, -0.2) is 9.97 Å². The largest absolute Gasteiger partial charge is 0.370 e. The quantitative estimate of drug-likeness (QED) is 0.901. The Morgan fingerprint density at radius 3 is 2.75 bits per heavy atom. The first kappa shape index (κ1) is 13.0. The highest BCUT2D eigenvalue weighted by Gasteiger charge is 2.26. The van der Waals surface area contributed by atoms with Crippen LogP contribution in [-0.4, -0.2) is 21.5 Å². The average Bonchev–Trinajstić information content (AvgIpc) is 3.30. The fraction of sp³-hybridized carbons (Fsp3) is 0.438. The molecule has 1 aliphatic carbocycles. The zero-order valence-corrected chi connectivity index (χ0v) is 12.1. The molecule has 0 atom stereocenters. The average molecular weight is 268 g/mol. The molecule has 0 unspecified atom stereocenters. The zero-order valence-electron chi connectivity index (χ0n) is 12.1. The van der Waals surface area contributed by atoms with Crippen LogP contribution in [0, 0.1) is 6.92 Å². The summed E-state index contributed by atoms with van der Waals surface area (Å²) in [6.07, 6.45) is 5.43. The van der Waals surface area contributed by atoms with Crippen LogP contribution >= 0.6 is 0 Å². The maximum absolute atomic E-state index is 4.69. The van der Waals surface area contributed by atoms with Crippen molar-refractivity contribution in [2.75, 3.05) is 11.9 Å². The van der Waals surface area contributed by atoms with Gasteiger partial charge in [-0.15, -0.1) is 0 Å². The summed E-state index contributed by atoms with van der Waals surface area (Å²) in [5.41, 5.74) is 3.14. The van der Waals surface area contributed by atoms with E-state index in [0.29, 0.717) is 5.92 Å². The molecule has 20 heavy (non-hydrogen) atoms. The Kier molecular flexibility index (Phi) is 3.63. The molecule has 4 nitrogen and oxygen atoms in total. The summed E-state index contributed by atoms with van der Waals surface area (Å²) in [5, 5.41) is 3.36. The van der Waals surface area contributed by atoms with E-state index in [0.717, 1.165) is 41.6 Å². The molecule has 1 aliphatic rings. The first-order chi connectivity index (χ1) is 9.76. The molecule has 0 spiro atoms. The molecule has 3 rings (SSSR count). The van der Waals surface area contributed by atoms with Gasteiger partial charge in [-0.2, -0.15) is 0 Å². The van der Waals surface area contributed by atoms with Crippen LogP contribution in [0.4, 0.5) is 5.82 Å². The van der Waals surface area contributed by atoms with Crippen LogP contribution in [0.15, 0.2) is 24.4 Å². The predicted octanol–water partition coefficient (Wildman–Crippen LogP) is 3.55. The van der Waals surface area contributed by atoms with Gasteiger partial charge in [0, 0.05) is 30.4 Å². The van der Waals surface area contributed by atoms with Crippen molar-refractivity contribution in [1.82, 2.24) is 15.0 Å². The highest BCUT2D eigenvalue weighted by molar-refractivity contribution is 5.54. The monoisotopic (exact) mass is 268 g/mol. The standard InChI is InChI=1S/C16H20N4/c1-3-8-17-15-9-14(12-5-6-12)19-16(20-15)13-7-4-11(2)10-18-13/h4,7,9-10,12H,3,5-6,8H2,1-2H3,(H,17,19,20). The number of nitrogens with zero attached hydrogens (tertiary/aromatic N) is 3. The molecule has 1 saturated carbocycles. The van der Waals surface area contributed by atoms with E-state index in [1.165, 1.54) is 12.8 Å². The van der Waals surface area contributed by atoms with E-state index in [2.05, 4.69) is 39.3 Å². The van der Waals surface area contributed by atoms with Gasteiger partial charge in [0.1, 0.15) is 11.5 Å². The van der Waals surface area contributed by atoms with Crippen LogP contribution in [0.25, 0.3) is 11.5 Å². The van der Waals surface area contributed by atoms with Gasteiger partial charge in [0.05, 0.1) is 0 Å². The molecule has 2 aromatic rings. The molecule has 0 radical (unpaired) electrons. The minimum Gasteiger partial charge on any atom is -0.370 e. The first-order valence-electron chi connectivity index (χ1n) is 7.32. The van der Waals surface area contributed by atoms with Gasteiger partial charge in [0.25, 0.3) is 0 Å². The second-order valence-electron chi connectivity index (χ2n) is 5.42. The number of hydrogen-bond acceptors (Lipinski definition) is 4. The van der Waals surface area contributed by atoms with Crippen molar-refractivity contribution < 1.29 is 0 Å². The Morgan fingerprint density at radius 1 is 1.25 bits per heavy atom. The van der Waals surface area contributed by atoms with Crippen LogP contribution in [0.2, 0.25) is 0 Å². The molecule has 2 aromatic heterocycles. The van der Waals surface area contributed by atoms with Crippen molar-refractivity contribution in [1.29, 1.82) is 0 Å². The Hall–Kier alpha value is -1.97. The number of aromatic nitrogens is 3. The SMILES string of the molecule is CCCNc1cc(C2CC2)nc(-c2ccc(C)cn2)n1. The number of nitrogens with one attached hydrogen (secondary N) is 1. The second kappa shape index (κ2) is 5.57. The van der Waals surface area contributed by atoms with Gasteiger partial charge >= 0.3 is 0 Å². The number of anilines is 1. The van der Waals surface area contributed by atoms with Gasteiger partial charge in [-0.05, 0) is 37.8 Å². The van der Waals surface area contributed by atoms with E-state index in [1.807, 2.05) is 19.2 Å². The lowest BCUT2D eigenvalue weighted by molar-refractivity contribution is 0.945. The molecule has 0 bridgehead atoms. The fourth-order valence-corrected chi connectivity index (χ4v) is 2.11. The van der Waals surface area contributed by atoms with Gasteiger partial charge in [-0.3, -0.25) is 4.98 Å². The molecule has 0 aromatic carbocycles. The van der Waals surface area contributed by atoms with Gasteiger partial charge in [0.2, 0.25) is 0 Å². The summed E-state index contributed by atoms with van der Waals surface area (Å²) < 4.78 is 0. The topological polar surface area (TPSA) is 50.7 Å². The van der Waals surface area contributed by atoms with Crippen LogP contribution < -0.4 is 5.32 Å². The molecule has 0 aliphatic heterocycles. The summed E-state index contributed by atoms with van der Waals surface area (Å²) in [6.45, 7) is 5.12. The van der Waals surface area contributed by atoms with Crippen molar-refractivity contribution in [3.05, 3.63) is 35.7 Å². The lowest BCUT2D eigenvalue weighted by atomic mass is 10.2. The minimum absolute atomic E-state index is 0.615. The van der Waals surface area contributed by atoms with Gasteiger partial charge in [-0.1, -0.05) is 13.0 Å². The summed E-state index contributed by atoms with van der Waals surface area (Å²) in [7, 11) is 0. The highest BCUT2D eigenvalue weighted by atomic mass is 15.0. The molecular formula is C16H20N4. The molecule has 0 saturated heterocycles. The van der Waals surface area contributed by atoms with E-state index in [9.17, 15) is 0 Å². The molecule has 104 valence electrons. The molecule has 1 N–H and O–H groups in total. The van der Waals surface area contributed by atoms with Gasteiger partial charge in [0.15, 0.2) is 5.82 Å². The minimum atomic E-state index is 0.615. The molecule has 2 heterocycles. The molecule has 4 heteroatoms. The van der Waals surface area contributed by atoms with E-state index in [4.69, 9.17) is 0 Å². The van der Waals surface area contributed by atoms with Crippen LogP contribution in [0.3, 0.4) is 0 Å². The number of aryl methyl sites for hydroxylation is 1. The number of rotatable bonds is 5. The Morgan fingerprint density at radius 2 is 2.10 bits per heavy atom.